The first-order valence-corrected chi connectivity index (χ1v) is 9.49. The van der Waals surface area contributed by atoms with Gasteiger partial charge in [0, 0.05) is 31.5 Å². The Morgan fingerprint density at radius 2 is 2.08 bits per heavy atom. The van der Waals surface area contributed by atoms with Gasteiger partial charge < -0.3 is 10.6 Å². The Labute approximate surface area is 169 Å². The molecule has 150 valence electrons. The molecule has 3 heterocycles. The number of carbonyl (C=O) groups is 1. The molecular formula is C18H33Cl2N5O. The van der Waals surface area contributed by atoms with Crippen LogP contribution in [0.3, 0.4) is 0 Å². The summed E-state index contributed by atoms with van der Waals surface area (Å²) in [6.45, 7) is 6.84. The molecule has 1 aromatic heterocycles. The van der Waals surface area contributed by atoms with E-state index >= 15 is 0 Å². The number of nitrogens with zero attached hydrogens (tertiary/aromatic N) is 3. The quantitative estimate of drug-likeness (QED) is 0.761. The van der Waals surface area contributed by atoms with Gasteiger partial charge in [-0.2, -0.15) is 5.10 Å². The zero-order valence-corrected chi connectivity index (χ0v) is 17.3. The fourth-order valence-corrected chi connectivity index (χ4v) is 4.22. The third-order valence-corrected chi connectivity index (χ3v) is 5.70. The number of piperidine rings is 2. The van der Waals surface area contributed by atoms with E-state index in [4.69, 9.17) is 0 Å². The molecule has 26 heavy (non-hydrogen) atoms. The van der Waals surface area contributed by atoms with Gasteiger partial charge in [-0.05, 0) is 57.8 Å². The molecule has 0 aliphatic carbocycles. The smallest absolute Gasteiger partial charge is 0.248 e. The topological polar surface area (TPSA) is 62.2 Å². The predicted molar refractivity (Wildman–Crippen MR) is 109 cm³/mol. The van der Waals surface area contributed by atoms with Crippen molar-refractivity contribution in [1.82, 2.24) is 25.3 Å². The van der Waals surface area contributed by atoms with Crippen LogP contribution in [-0.2, 0) is 10.3 Å². The SMILES string of the molecule is CCC1CCCCN1CCNC(=O)C1(n2cccn2)CCNCC1.Cl.Cl. The van der Waals surface area contributed by atoms with E-state index in [-0.39, 0.29) is 30.7 Å². The van der Waals surface area contributed by atoms with Crippen molar-refractivity contribution in [2.24, 2.45) is 0 Å². The van der Waals surface area contributed by atoms with Gasteiger partial charge in [-0.1, -0.05) is 13.3 Å². The van der Waals surface area contributed by atoms with E-state index < -0.39 is 5.54 Å². The van der Waals surface area contributed by atoms with Crippen LogP contribution >= 0.6 is 24.8 Å². The number of hydrogen-bond donors (Lipinski definition) is 2. The van der Waals surface area contributed by atoms with Crippen molar-refractivity contribution in [2.45, 2.75) is 57.0 Å². The summed E-state index contributed by atoms with van der Waals surface area (Å²) in [6.07, 6.45) is 10.4. The zero-order chi connectivity index (χ0) is 16.8. The van der Waals surface area contributed by atoms with E-state index in [1.54, 1.807) is 6.20 Å². The highest BCUT2D eigenvalue weighted by Gasteiger charge is 2.41. The molecule has 2 N–H and O–H groups in total. The van der Waals surface area contributed by atoms with Gasteiger partial charge in [-0.25, -0.2) is 0 Å². The van der Waals surface area contributed by atoms with Crippen molar-refractivity contribution in [3.63, 3.8) is 0 Å². The second-order valence-corrected chi connectivity index (χ2v) is 7.08. The van der Waals surface area contributed by atoms with E-state index in [2.05, 4.69) is 27.6 Å². The molecule has 0 bridgehead atoms. The molecule has 2 aliphatic rings. The lowest BCUT2D eigenvalue weighted by Gasteiger charge is -2.38. The average molecular weight is 406 g/mol. The highest BCUT2D eigenvalue weighted by molar-refractivity contribution is 5.85. The Kier molecular flexibility index (Phi) is 9.93. The molecule has 2 aliphatic heterocycles. The first kappa shape index (κ1) is 23.2. The van der Waals surface area contributed by atoms with Crippen molar-refractivity contribution in [2.75, 3.05) is 32.7 Å². The van der Waals surface area contributed by atoms with Gasteiger partial charge in [0.1, 0.15) is 5.54 Å². The van der Waals surface area contributed by atoms with Gasteiger partial charge in [0.25, 0.3) is 0 Å². The minimum absolute atomic E-state index is 0. The fraction of sp³-hybridized carbons (Fsp3) is 0.778. The van der Waals surface area contributed by atoms with E-state index in [9.17, 15) is 4.79 Å². The van der Waals surface area contributed by atoms with Gasteiger partial charge in [0.15, 0.2) is 0 Å². The number of amides is 1. The lowest BCUT2D eigenvalue weighted by molar-refractivity contribution is -0.132. The predicted octanol–water partition coefficient (Wildman–Crippen LogP) is 2.19. The first-order chi connectivity index (χ1) is 11.8. The van der Waals surface area contributed by atoms with Crippen molar-refractivity contribution >= 4 is 30.7 Å². The van der Waals surface area contributed by atoms with Crippen LogP contribution in [0.2, 0.25) is 0 Å². The zero-order valence-electron chi connectivity index (χ0n) is 15.7. The molecule has 1 amide bonds. The molecule has 1 atom stereocenters. The lowest BCUT2D eigenvalue weighted by Crippen LogP contribution is -2.55. The van der Waals surface area contributed by atoms with E-state index in [0.717, 1.165) is 39.0 Å². The van der Waals surface area contributed by atoms with Crippen molar-refractivity contribution in [3.05, 3.63) is 18.5 Å². The minimum Gasteiger partial charge on any atom is -0.353 e. The largest absolute Gasteiger partial charge is 0.353 e. The number of nitrogens with one attached hydrogen (secondary N) is 2. The Bertz CT molecular complexity index is 520. The van der Waals surface area contributed by atoms with Gasteiger partial charge in [-0.3, -0.25) is 14.4 Å². The van der Waals surface area contributed by atoms with Gasteiger partial charge in [0.2, 0.25) is 5.91 Å². The molecule has 0 saturated carbocycles. The molecule has 3 rings (SSSR count). The molecular weight excluding hydrogens is 373 g/mol. The molecule has 2 fully saturated rings. The Morgan fingerprint density at radius 3 is 2.73 bits per heavy atom. The summed E-state index contributed by atoms with van der Waals surface area (Å²) in [6, 6.07) is 2.59. The normalized spacial score (nSPS) is 22.7. The maximum atomic E-state index is 13.0. The number of rotatable bonds is 6. The maximum absolute atomic E-state index is 13.0. The van der Waals surface area contributed by atoms with Gasteiger partial charge in [-0.15, -0.1) is 24.8 Å². The van der Waals surface area contributed by atoms with Crippen molar-refractivity contribution in [3.8, 4) is 0 Å². The van der Waals surface area contributed by atoms with Crippen LogP contribution < -0.4 is 10.6 Å². The van der Waals surface area contributed by atoms with Gasteiger partial charge in [0.05, 0.1) is 0 Å². The standard InChI is InChI=1S/C18H31N5O.2ClH/c1-2-16-6-3-4-13-22(16)15-12-20-17(24)18(7-10-19-11-8-18)23-14-5-9-21-23;;/h5,9,14,16,19H,2-4,6-8,10-13,15H2,1H3,(H,20,24);2*1H. The highest BCUT2D eigenvalue weighted by atomic mass is 35.5. The molecule has 6 nitrogen and oxygen atoms in total. The second-order valence-electron chi connectivity index (χ2n) is 7.08. The molecule has 1 unspecified atom stereocenters. The van der Waals surface area contributed by atoms with E-state index in [0.29, 0.717) is 6.04 Å². The third kappa shape index (κ3) is 5.12. The van der Waals surface area contributed by atoms with Crippen LogP contribution in [0.4, 0.5) is 0 Å². The Balaban J connectivity index is 0.00000169. The van der Waals surface area contributed by atoms with Crippen LogP contribution in [0.15, 0.2) is 18.5 Å². The van der Waals surface area contributed by atoms with Crippen LogP contribution in [-0.4, -0.2) is 59.4 Å². The summed E-state index contributed by atoms with van der Waals surface area (Å²) in [5.41, 5.74) is -0.527. The van der Waals surface area contributed by atoms with Crippen LogP contribution in [0.5, 0.6) is 0 Å². The summed E-state index contributed by atoms with van der Waals surface area (Å²) < 4.78 is 1.86. The summed E-state index contributed by atoms with van der Waals surface area (Å²) in [4.78, 5) is 15.5. The lowest BCUT2D eigenvalue weighted by atomic mass is 9.87. The molecule has 2 saturated heterocycles. The summed E-state index contributed by atoms with van der Waals surface area (Å²) >= 11 is 0. The summed E-state index contributed by atoms with van der Waals surface area (Å²) in [7, 11) is 0. The molecule has 0 spiro atoms. The first-order valence-electron chi connectivity index (χ1n) is 9.49. The highest BCUT2D eigenvalue weighted by Crippen LogP contribution is 2.27. The monoisotopic (exact) mass is 405 g/mol. The van der Waals surface area contributed by atoms with Crippen LogP contribution in [0.25, 0.3) is 0 Å². The fourth-order valence-electron chi connectivity index (χ4n) is 4.22. The van der Waals surface area contributed by atoms with E-state index in [1.807, 2.05) is 16.9 Å². The molecule has 1 aromatic rings. The Hall–Kier alpha value is -0.820. The average Bonchev–Trinajstić information content (AvgIpc) is 3.18. The number of aromatic nitrogens is 2. The number of halogens is 2. The minimum atomic E-state index is -0.527. The Morgan fingerprint density at radius 1 is 1.31 bits per heavy atom. The van der Waals surface area contributed by atoms with E-state index in [1.165, 1.54) is 32.2 Å². The van der Waals surface area contributed by atoms with Crippen molar-refractivity contribution in [1.29, 1.82) is 0 Å². The van der Waals surface area contributed by atoms with Crippen molar-refractivity contribution < 1.29 is 4.79 Å². The van der Waals surface area contributed by atoms with Crippen LogP contribution in [0.1, 0.15) is 45.4 Å². The summed E-state index contributed by atoms with van der Waals surface area (Å²) in [5, 5.41) is 10.9. The maximum Gasteiger partial charge on any atom is 0.248 e. The summed E-state index contributed by atoms with van der Waals surface area (Å²) in [5.74, 6) is 0.123. The second kappa shape index (κ2) is 11.1. The number of likely N-dealkylation sites (tertiary alicyclic amines) is 1. The van der Waals surface area contributed by atoms with Gasteiger partial charge >= 0.3 is 0 Å². The third-order valence-electron chi connectivity index (χ3n) is 5.70. The number of carbonyl (C=O) groups excluding carboxylic acids is 1. The molecule has 8 heteroatoms. The molecule has 0 aromatic carbocycles. The molecule has 0 radical (unpaired) electrons. The number of hydrogen-bond acceptors (Lipinski definition) is 4. The van der Waals surface area contributed by atoms with Crippen LogP contribution in [0, 0.1) is 0 Å².